The molecule has 3 aliphatic heterocycles. The van der Waals surface area contributed by atoms with E-state index in [1.54, 1.807) is 0 Å². The summed E-state index contributed by atoms with van der Waals surface area (Å²) < 4.78 is 65.9. The van der Waals surface area contributed by atoms with E-state index >= 15 is 4.39 Å². The van der Waals surface area contributed by atoms with Gasteiger partial charge in [0, 0.05) is 6.42 Å². The highest BCUT2D eigenvalue weighted by molar-refractivity contribution is 8.44. The van der Waals surface area contributed by atoms with Gasteiger partial charge in [-0.2, -0.15) is 9.67 Å². The van der Waals surface area contributed by atoms with E-state index in [1.807, 2.05) is 0 Å². The molecule has 236 valence electrons. The molecule has 25 heteroatoms. The lowest BCUT2D eigenvalue weighted by Crippen LogP contribution is -2.34. The Labute approximate surface area is 254 Å². The second-order valence-corrected chi connectivity index (χ2v) is 15.5. The highest BCUT2D eigenvalue weighted by Crippen LogP contribution is 2.58. The summed E-state index contributed by atoms with van der Waals surface area (Å²) in [6, 6.07) is 0. The summed E-state index contributed by atoms with van der Waals surface area (Å²) >= 11 is 9.30. The number of rotatable bonds is 2. The summed E-state index contributed by atoms with van der Waals surface area (Å²) in [4.78, 5) is 41.7. The van der Waals surface area contributed by atoms with Gasteiger partial charge in [0.15, 0.2) is 46.8 Å². The number of aromatic nitrogens is 9. The molecule has 3 saturated heterocycles. The lowest BCUT2D eigenvalue weighted by atomic mass is 10.1. The fourth-order valence-corrected chi connectivity index (χ4v) is 8.07. The minimum Gasteiger partial charge on any atom is -0.382 e. The molecule has 20 nitrogen and oxygen atoms in total. The van der Waals surface area contributed by atoms with Crippen LogP contribution in [0.3, 0.4) is 0 Å². The molecular weight excluding hydrogens is 671 g/mol. The van der Waals surface area contributed by atoms with Crippen molar-refractivity contribution in [2.75, 3.05) is 24.7 Å². The molecule has 6 N–H and O–H groups in total. The zero-order valence-corrected chi connectivity index (χ0v) is 25.4. The van der Waals surface area contributed by atoms with Gasteiger partial charge in [-0.3, -0.25) is 23.4 Å². The number of nitrogens with zero attached hydrogens (tertiary/aromatic N) is 8. The third-order valence-corrected chi connectivity index (χ3v) is 10.2. The van der Waals surface area contributed by atoms with Crippen molar-refractivity contribution in [3.05, 3.63) is 23.0 Å². The molecule has 7 heterocycles. The van der Waals surface area contributed by atoms with Crippen LogP contribution < -0.4 is 17.0 Å². The number of alkyl halides is 1. The first-order valence-corrected chi connectivity index (χ1v) is 18.0. The molecule has 0 amide bonds. The van der Waals surface area contributed by atoms with E-state index in [2.05, 4.69) is 47.5 Å². The van der Waals surface area contributed by atoms with Crippen molar-refractivity contribution in [1.82, 2.24) is 44.5 Å². The van der Waals surface area contributed by atoms with Gasteiger partial charge in [-0.05, 0) is 11.8 Å². The summed E-state index contributed by atoms with van der Waals surface area (Å²) in [6.45, 7) is -9.31. The molecule has 9 atom stereocenters. The Kier molecular flexibility index (Phi) is 7.49. The summed E-state index contributed by atoms with van der Waals surface area (Å²) in [5, 5.41) is 7.76. The van der Waals surface area contributed by atoms with Crippen LogP contribution in [-0.2, 0) is 43.9 Å². The average molecular weight is 694 g/mol. The van der Waals surface area contributed by atoms with Gasteiger partial charge in [-0.25, -0.2) is 23.9 Å². The van der Waals surface area contributed by atoms with Crippen molar-refractivity contribution in [1.29, 1.82) is 0 Å². The predicted molar refractivity (Wildman–Crippen MR) is 152 cm³/mol. The number of fused-ring (bicyclic) bond motifs is 5. The zero-order valence-electron chi connectivity index (χ0n) is 21.9. The standard InChI is InChI=1S/C19H22FN11O9P2S2/c20-9-12-8(38-18(9)31-14-10(28-29-31)13(21)23-4-24-14)3-36-41(33,43)39-7-1-6(2-35-42(34,44)40-12)37-17(7)30-5-25-11-15(30)26-19(22)27-16(11)32/h4-9,12,17-18H,1-3H2,(H,33,43)(H,34,44)(H2,21,23,24)(H3,22,26,27,32)/t6-,7-,8+,9-,12?,17+,18+,41?,42?/m0/s1. The summed E-state index contributed by atoms with van der Waals surface area (Å²) in [6.07, 6.45) is -6.91. The first kappa shape index (κ1) is 30.0. The quantitative estimate of drug-likeness (QED) is 0.138. The zero-order chi connectivity index (χ0) is 31.0. The van der Waals surface area contributed by atoms with E-state index in [4.69, 9.17) is 50.8 Å². The summed E-state index contributed by atoms with van der Waals surface area (Å²) in [5.41, 5.74) is 11.1. The molecule has 7 rings (SSSR count). The summed E-state index contributed by atoms with van der Waals surface area (Å²) in [7, 11) is 0. The van der Waals surface area contributed by atoms with Gasteiger partial charge in [0.25, 0.3) is 5.56 Å². The van der Waals surface area contributed by atoms with Gasteiger partial charge < -0.3 is 34.9 Å². The molecule has 3 unspecified atom stereocenters. The Hall–Kier alpha value is -2.69. The number of hydrogen-bond acceptors (Lipinski definition) is 17. The minimum atomic E-state index is -4.28. The maximum atomic E-state index is 15.9. The Balaban J connectivity index is 1.19. The number of aromatic amines is 1. The Morgan fingerprint density at radius 3 is 2.73 bits per heavy atom. The van der Waals surface area contributed by atoms with Crippen LogP contribution in [0.15, 0.2) is 17.4 Å². The fraction of sp³-hybridized carbons (Fsp3) is 0.526. The molecule has 3 fully saturated rings. The molecule has 44 heavy (non-hydrogen) atoms. The molecule has 0 saturated carbocycles. The van der Waals surface area contributed by atoms with E-state index in [1.165, 1.54) is 10.9 Å². The van der Waals surface area contributed by atoms with Crippen LogP contribution in [0.1, 0.15) is 18.9 Å². The molecule has 4 aromatic heterocycles. The summed E-state index contributed by atoms with van der Waals surface area (Å²) in [5.74, 6) is -0.163. The second kappa shape index (κ2) is 11.0. The second-order valence-electron chi connectivity index (χ2n) is 9.88. The van der Waals surface area contributed by atoms with Crippen LogP contribution in [-0.4, -0.2) is 93.2 Å². The van der Waals surface area contributed by atoms with Gasteiger partial charge >= 0.3 is 13.5 Å². The third-order valence-electron chi connectivity index (χ3n) is 7.02. The molecule has 0 spiro atoms. The van der Waals surface area contributed by atoms with Crippen LogP contribution >= 0.6 is 25.8 Å². The Morgan fingerprint density at radius 2 is 1.91 bits per heavy atom. The smallest absolute Gasteiger partial charge is 0.382 e. The SMILES string of the molecule is Nc1nc2c(ncn2[C@@H]2O[C@@H]3COP(=O)(S)OC4[C@@H](COP(O)(=S)O[C@H]2C3)O[C@@H](n2nnc3c(N)ncnc32)[C@H]4F)c(=O)[nH]1. The van der Waals surface area contributed by atoms with E-state index in [9.17, 15) is 14.3 Å². The first-order valence-electron chi connectivity index (χ1n) is 12.7. The lowest BCUT2D eigenvalue weighted by molar-refractivity contribution is -0.0603. The van der Waals surface area contributed by atoms with Gasteiger partial charge in [0.2, 0.25) is 5.95 Å². The first-order chi connectivity index (χ1) is 20.9. The van der Waals surface area contributed by atoms with Crippen LogP contribution in [0.5, 0.6) is 0 Å². The number of nitrogens with two attached hydrogens (primary N) is 2. The molecule has 0 radical (unpaired) electrons. The largest absolute Gasteiger partial charge is 0.386 e. The maximum Gasteiger partial charge on any atom is 0.386 e. The van der Waals surface area contributed by atoms with E-state index < -0.39 is 68.7 Å². The Bertz CT molecular complexity index is 1910. The molecule has 4 aromatic rings. The van der Waals surface area contributed by atoms with E-state index in [-0.39, 0.29) is 47.1 Å². The molecule has 0 aromatic carbocycles. The van der Waals surface area contributed by atoms with E-state index in [0.717, 1.165) is 11.0 Å². The van der Waals surface area contributed by atoms with Gasteiger partial charge in [0.1, 0.15) is 24.6 Å². The highest BCUT2D eigenvalue weighted by Gasteiger charge is 2.52. The number of ether oxygens (including phenoxy) is 2. The normalized spacial score (nSPS) is 36.6. The number of imidazole rings is 1. The van der Waals surface area contributed by atoms with Crippen LogP contribution in [0.4, 0.5) is 16.2 Å². The van der Waals surface area contributed by atoms with Crippen molar-refractivity contribution < 1.29 is 41.4 Å². The molecule has 2 bridgehead atoms. The van der Waals surface area contributed by atoms with Crippen molar-refractivity contribution in [2.45, 2.75) is 49.5 Å². The maximum absolute atomic E-state index is 15.9. The minimum absolute atomic E-state index is 0.00747. The van der Waals surface area contributed by atoms with Crippen molar-refractivity contribution in [2.24, 2.45) is 0 Å². The monoisotopic (exact) mass is 693 g/mol. The number of H-pyrrole nitrogens is 1. The van der Waals surface area contributed by atoms with Gasteiger partial charge in [0.05, 0.1) is 25.6 Å². The number of nitrogen functional groups attached to an aromatic ring is 2. The molecule has 3 aliphatic rings. The Morgan fingerprint density at radius 1 is 1.09 bits per heavy atom. The van der Waals surface area contributed by atoms with E-state index in [0.29, 0.717) is 0 Å². The van der Waals surface area contributed by atoms with Gasteiger partial charge in [-0.1, -0.05) is 17.5 Å². The van der Waals surface area contributed by atoms with Crippen molar-refractivity contribution >= 4 is 71.7 Å². The number of halogens is 1. The average Bonchev–Trinajstić information content (AvgIpc) is 3.72. The topological polar surface area (TPSA) is 265 Å². The molecule has 0 aliphatic carbocycles. The predicted octanol–water partition coefficient (Wildman–Crippen LogP) is 0.114. The number of nitrogens with one attached hydrogen (secondary N) is 1. The number of thiol groups is 1. The van der Waals surface area contributed by atoms with Crippen molar-refractivity contribution in [3.63, 3.8) is 0 Å². The van der Waals surface area contributed by atoms with Crippen LogP contribution in [0, 0.1) is 0 Å². The van der Waals surface area contributed by atoms with Crippen LogP contribution in [0.25, 0.3) is 22.3 Å². The number of anilines is 2. The fourth-order valence-electron chi connectivity index (χ4n) is 5.13. The third kappa shape index (κ3) is 5.41. The number of hydrogen-bond donors (Lipinski definition) is 5. The van der Waals surface area contributed by atoms with Crippen LogP contribution in [0.2, 0.25) is 0 Å². The van der Waals surface area contributed by atoms with Gasteiger partial charge in [-0.15, -0.1) is 5.10 Å². The lowest BCUT2D eigenvalue weighted by Gasteiger charge is -2.27. The molecular formula is C19H22FN11O9P2S2. The highest BCUT2D eigenvalue weighted by atomic mass is 32.7. The van der Waals surface area contributed by atoms with Crippen molar-refractivity contribution in [3.8, 4) is 0 Å².